The summed E-state index contributed by atoms with van der Waals surface area (Å²) in [7, 11) is 1.62. The number of hydrogen-bond donors (Lipinski definition) is 0. The van der Waals surface area contributed by atoms with Crippen molar-refractivity contribution >= 4 is 22.7 Å². The Bertz CT molecular complexity index is 855. The summed E-state index contributed by atoms with van der Waals surface area (Å²) in [6, 6.07) is 15.4. The second-order valence-electron chi connectivity index (χ2n) is 5.01. The molecule has 0 N–H and O–H groups in total. The van der Waals surface area contributed by atoms with Crippen molar-refractivity contribution in [2.45, 2.75) is 6.92 Å². The lowest BCUT2D eigenvalue weighted by Gasteiger charge is -2.00. The standard InChI is InChI=1S/C18H15ClN2O2/c1-12-6-3-4-9-15(12)17-20-18(23-21-17)16(19)11-13-7-5-8-14(10-13)22-2/h3-11H,1-2H3/b16-11-. The molecule has 116 valence electrons. The van der Waals surface area contributed by atoms with Crippen LogP contribution in [0.4, 0.5) is 0 Å². The topological polar surface area (TPSA) is 48.2 Å². The molecule has 5 heteroatoms. The van der Waals surface area contributed by atoms with Crippen molar-refractivity contribution < 1.29 is 9.26 Å². The molecule has 0 aliphatic carbocycles. The molecule has 0 atom stereocenters. The predicted molar refractivity (Wildman–Crippen MR) is 91.2 cm³/mol. The van der Waals surface area contributed by atoms with Crippen LogP contribution in [0.5, 0.6) is 5.75 Å². The van der Waals surface area contributed by atoms with Crippen LogP contribution in [0.1, 0.15) is 17.0 Å². The fourth-order valence-corrected chi connectivity index (χ4v) is 2.40. The Hall–Kier alpha value is -2.59. The van der Waals surface area contributed by atoms with Gasteiger partial charge in [-0.05, 0) is 36.3 Å². The predicted octanol–water partition coefficient (Wildman–Crippen LogP) is 4.79. The number of benzene rings is 2. The fourth-order valence-electron chi connectivity index (χ4n) is 2.19. The summed E-state index contributed by atoms with van der Waals surface area (Å²) >= 11 is 6.30. The molecule has 0 unspecified atom stereocenters. The third kappa shape index (κ3) is 3.43. The number of rotatable bonds is 4. The number of hydrogen-bond acceptors (Lipinski definition) is 4. The van der Waals surface area contributed by atoms with E-state index in [4.69, 9.17) is 20.9 Å². The number of halogens is 1. The first-order chi connectivity index (χ1) is 11.2. The highest BCUT2D eigenvalue weighted by molar-refractivity contribution is 6.50. The number of aryl methyl sites for hydroxylation is 1. The van der Waals surface area contributed by atoms with E-state index in [1.54, 1.807) is 13.2 Å². The lowest BCUT2D eigenvalue weighted by molar-refractivity contribution is 0.410. The molecule has 0 spiro atoms. The summed E-state index contributed by atoms with van der Waals surface area (Å²) in [5.74, 6) is 1.57. The van der Waals surface area contributed by atoms with Crippen LogP contribution >= 0.6 is 11.6 Å². The Labute approximate surface area is 139 Å². The maximum Gasteiger partial charge on any atom is 0.269 e. The van der Waals surface area contributed by atoms with E-state index in [1.165, 1.54) is 0 Å². The van der Waals surface area contributed by atoms with E-state index in [2.05, 4.69) is 10.1 Å². The summed E-state index contributed by atoms with van der Waals surface area (Å²) < 4.78 is 10.5. The molecule has 0 saturated heterocycles. The van der Waals surface area contributed by atoms with Crippen molar-refractivity contribution in [2.24, 2.45) is 0 Å². The molecular formula is C18H15ClN2O2. The summed E-state index contributed by atoms with van der Waals surface area (Å²) in [6.07, 6.45) is 1.76. The molecule has 3 aromatic rings. The molecular weight excluding hydrogens is 312 g/mol. The maximum absolute atomic E-state index is 6.30. The van der Waals surface area contributed by atoms with Gasteiger partial charge in [0.15, 0.2) is 0 Å². The summed E-state index contributed by atoms with van der Waals surface area (Å²) in [6.45, 7) is 2.00. The first-order valence-electron chi connectivity index (χ1n) is 7.08. The minimum absolute atomic E-state index is 0.285. The van der Waals surface area contributed by atoms with Gasteiger partial charge in [0.25, 0.3) is 5.89 Å². The van der Waals surface area contributed by atoms with Crippen LogP contribution in [0.15, 0.2) is 53.1 Å². The van der Waals surface area contributed by atoms with Gasteiger partial charge in [0.1, 0.15) is 10.8 Å². The highest BCUT2D eigenvalue weighted by Crippen LogP contribution is 2.26. The average molecular weight is 327 g/mol. The molecule has 0 bridgehead atoms. The highest BCUT2D eigenvalue weighted by Gasteiger charge is 2.12. The molecule has 0 saturated carbocycles. The zero-order valence-electron chi connectivity index (χ0n) is 12.8. The second-order valence-corrected chi connectivity index (χ2v) is 5.41. The Morgan fingerprint density at radius 2 is 2.00 bits per heavy atom. The van der Waals surface area contributed by atoms with Crippen molar-refractivity contribution in [3.8, 4) is 17.1 Å². The van der Waals surface area contributed by atoms with Crippen molar-refractivity contribution in [3.05, 3.63) is 65.5 Å². The minimum Gasteiger partial charge on any atom is -0.497 e. The van der Waals surface area contributed by atoms with Gasteiger partial charge in [-0.25, -0.2) is 0 Å². The summed E-state index contributed by atoms with van der Waals surface area (Å²) in [4.78, 5) is 4.37. The van der Waals surface area contributed by atoms with Gasteiger partial charge in [-0.15, -0.1) is 0 Å². The molecule has 2 aromatic carbocycles. The van der Waals surface area contributed by atoms with Gasteiger partial charge < -0.3 is 9.26 Å². The zero-order valence-corrected chi connectivity index (χ0v) is 13.5. The summed E-state index contributed by atoms with van der Waals surface area (Å²) in [5.41, 5.74) is 2.89. The quantitative estimate of drug-likeness (QED) is 0.691. The van der Waals surface area contributed by atoms with Gasteiger partial charge in [-0.1, -0.05) is 53.2 Å². The zero-order chi connectivity index (χ0) is 16.2. The first-order valence-corrected chi connectivity index (χ1v) is 7.46. The Kier molecular flexibility index (Phi) is 4.44. The van der Waals surface area contributed by atoms with Gasteiger partial charge in [-0.2, -0.15) is 4.98 Å². The number of methoxy groups -OCH3 is 1. The normalized spacial score (nSPS) is 11.5. The van der Waals surface area contributed by atoms with Crippen molar-refractivity contribution in [2.75, 3.05) is 7.11 Å². The molecule has 4 nitrogen and oxygen atoms in total. The van der Waals surface area contributed by atoms with Crippen molar-refractivity contribution in [3.63, 3.8) is 0 Å². The van der Waals surface area contributed by atoms with Crippen LogP contribution in [-0.2, 0) is 0 Å². The summed E-state index contributed by atoms with van der Waals surface area (Å²) in [5, 5.41) is 4.39. The van der Waals surface area contributed by atoms with Crippen LogP contribution in [0.25, 0.3) is 22.5 Å². The van der Waals surface area contributed by atoms with E-state index in [9.17, 15) is 0 Å². The smallest absolute Gasteiger partial charge is 0.269 e. The molecule has 3 rings (SSSR count). The lowest BCUT2D eigenvalue weighted by atomic mass is 10.1. The van der Waals surface area contributed by atoms with Crippen molar-refractivity contribution in [1.82, 2.24) is 10.1 Å². The number of aromatic nitrogens is 2. The van der Waals surface area contributed by atoms with Crippen molar-refractivity contribution in [1.29, 1.82) is 0 Å². The SMILES string of the molecule is COc1cccc(/C=C(\Cl)c2nc(-c3ccccc3C)no2)c1. The molecule has 1 heterocycles. The Morgan fingerprint density at radius 1 is 1.17 bits per heavy atom. The first kappa shape index (κ1) is 15.3. The van der Waals surface area contributed by atoms with E-state index in [-0.39, 0.29) is 5.89 Å². The van der Waals surface area contributed by atoms with Gasteiger partial charge in [-0.3, -0.25) is 0 Å². The van der Waals surface area contributed by atoms with Crippen LogP contribution in [0.2, 0.25) is 0 Å². The molecule has 0 radical (unpaired) electrons. The highest BCUT2D eigenvalue weighted by atomic mass is 35.5. The van der Waals surface area contributed by atoms with Gasteiger partial charge in [0.2, 0.25) is 5.82 Å². The van der Waals surface area contributed by atoms with E-state index in [1.807, 2.05) is 55.5 Å². The third-order valence-corrected chi connectivity index (χ3v) is 3.67. The molecule has 0 amide bonds. The van der Waals surface area contributed by atoms with E-state index < -0.39 is 0 Å². The Balaban J connectivity index is 1.90. The van der Waals surface area contributed by atoms with Crippen LogP contribution in [-0.4, -0.2) is 17.3 Å². The maximum atomic E-state index is 6.30. The van der Waals surface area contributed by atoms with Crippen LogP contribution < -0.4 is 4.74 Å². The van der Waals surface area contributed by atoms with Gasteiger partial charge in [0, 0.05) is 5.56 Å². The molecule has 0 aliphatic heterocycles. The van der Waals surface area contributed by atoms with Gasteiger partial charge >= 0.3 is 0 Å². The van der Waals surface area contributed by atoms with E-state index in [0.29, 0.717) is 10.9 Å². The van der Waals surface area contributed by atoms with Crippen LogP contribution in [0, 0.1) is 6.92 Å². The third-order valence-electron chi connectivity index (χ3n) is 3.40. The molecule has 0 fully saturated rings. The second kappa shape index (κ2) is 6.67. The average Bonchev–Trinajstić information content (AvgIpc) is 3.05. The Morgan fingerprint density at radius 3 is 2.78 bits per heavy atom. The van der Waals surface area contributed by atoms with E-state index in [0.717, 1.165) is 22.4 Å². The number of nitrogens with zero attached hydrogens (tertiary/aromatic N) is 2. The fraction of sp³-hybridized carbons (Fsp3) is 0.111. The lowest BCUT2D eigenvalue weighted by Crippen LogP contribution is -1.85. The van der Waals surface area contributed by atoms with Gasteiger partial charge in [0.05, 0.1) is 7.11 Å². The van der Waals surface area contributed by atoms with Crippen LogP contribution in [0.3, 0.4) is 0 Å². The largest absolute Gasteiger partial charge is 0.497 e. The minimum atomic E-state index is 0.285. The molecule has 0 aliphatic rings. The number of ether oxygens (including phenoxy) is 1. The molecule has 23 heavy (non-hydrogen) atoms. The van der Waals surface area contributed by atoms with E-state index >= 15 is 0 Å². The monoisotopic (exact) mass is 326 g/mol. The molecule has 1 aromatic heterocycles.